The van der Waals surface area contributed by atoms with Crippen LogP contribution in [0.2, 0.25) is 0 Å². The van der Waals surface area contributed by atoms with E-state index >= 15 is 0 Å². The van der Waals surface area contributed by atoms with Crippen molar-refractivity contribution in [2.75, 3.05) is 6.54 Å². The van der Waals surface area contributed by atoms with E-state index in [9.17, 15) is 8.42 Å². The van der Waals surface area contributed by atoms with E-state index in [2.05, 4.69) is 17.0 Å². The summed E-state index contributed by atoms with van der Waals surface area (Å²) in [6.45, 7) is 10.4. The van der Waals surface area contributed by atoms with Gasteiger partial charge in [-0.05, 0) is 32.4 Å². The normalized spacial score (nSPS) is 13.6. The van der Waals surface area contributed by atoms with Gasteiger partial charge in [-0.2, -0.15) is 0 Å². The monoisotopic (exact) mass is 301 g/mol. The van der Waals surface area contributed by atoms with Crippen LogP contribution in [0.3, 0.4) is 0 Å². The van der Waals surface area contributed by atoms with Gasteiger partial charge in [-0.3, -0.25) is 0 Å². The predicted octanol–water partition coefficient (Wildman–Crippen LogP) is 2.08. The van der Waals surface area contributed by atoms with Gasteiger partial charge in [-0.15, -0.1) is 0 Å². The standard InChI is InChI=1S/C14H27N3O2S/c1-5-8-17-11-14(9-13(17)10-15-7-3)20(18,19)16-12(4)6-2/h9,11-12,15-16H,5-8,10H2,1-4H3. The molecule has 2 N–H and O–H groups in total. The average Bonchev–Trinajstić information content (AvgIpc) is 2.80. The molecule has 0 bridgehead atoms. The van der Waals surface area contributed by atoms with Crippen molar-refractivity contribution in [3.63, 3.8) is 0 Å². The molecule has 20 heavy (non-hydrogen) atoms. The summed E-state index contributed by atoms with van der Waals surface area (Å²) in [6, 6.07) is 1.72. The molecule has 1 heterocycles. The highest BCUT2D eigenvalue weighted by molar-refractivity contribution is 7.89. The number of sulfonamides is 1. The molecule has 0 fully saturated rings. The maximum Gasteiger partial charge on any atom is 0.242 e. The molecular weight excluding hydrogens is 274 g/mol. The summed E-state index contributed by atoms with van der Waals surface area (Å²) in [4.78, 5) is 0.360. The van der Waals surface area contributed by atoms with E-state index in [-0.39, 0.29) is 6.04 Å². The van der Waals surface area contributed by atoms with Crippen LogP contribution in [0.25, 0.3) is 0 Å². The van der Waals surface area contributed by atoms with Gasteiger partial charge >= 0.3 is 0 Å². The Kier molecular flexibility index (Phi) is 6.71. The zero-order valence-electron chi connectivity index (χ0n) is 12.9. The average molecular weight is 301 g/mol. The molecule has 0 saturated heterocycles. The minimum atomic E-state index is -3.42. The lowest BCUT2D eigenvalue weighted by Crippen LogP contribution is -2.31. The molecule has 1 unspecified atom stereocenters. The van der Waals surface area contributed by atoms with Gasteiger partial charge in [0.15, 0.2) is 0 Å². The first kappa shape index (κ1) is 17.2. The van der Waals surface area contributed by atoms with Crippen molar-refractivity contribution in [3.05, 3.63) is 18.0 Å². The Balaban J connectivity index is 3.00. The van der Waals surface area contributed by atoms with Crippen molar-refractivity contribution in [3.8, 4) is 0 Å². The maximum absolute atomic E-state index is 12.3. The first-order valence-electron chi connectivity index (χ1n) is 7.36. The van der Waals surface area contributed by atoms with Gasteiger partial charge < -0.3 is 9.88 Å². The van der Waals surface area contributed by atoms with Gasteiger partial charge in [0.1, 0.15) is 0 Å². The molecule has 0 aliphatic rings. The SMILES string of the molecule is CCCn1cc(S(=O)(=O)NC(C)CC)cc1CNCC. The van der Waals surface area contributed by atoms with Crippen LogP contribution >= 0.6 is 0 Å². The predicted molar refractivity (Wildman–Crippen MR) is 82.2 cm³/mol. The summed E-state index contributed by atoms with van der Waals surface area (Å²) in [5.74, 6) is 0. The molecule has 0 aromatic carbocycles. The molecule has 6 heteroatoms. The molecule has 0 spiro atoms. The third-order valence-corrected chi connectivity index (χ3v) is 4.82. The van der Waals surface area contributed by atoms with Crippen LogP contribution in [-0.2, 0) is 23.1 Å². The Morgan fingerprint density at radius 2 is 2.00 bits per heavy atom. The van der Waals surface area contributed by atoms with Gasteiger partial charge in [0.25, 0.3) is 0 Å². The lowest BCUT2D eigenvalue weighted by molar-refractivity contribution is 0.555. The molecule has 1 rings (SSSR count). The topological polar surface area (TPSA) is 63.1 Å². The van der Waals surface area contributed by atoms with Crippen molar-refractivity contribution in [1.29, 1.82) is 0 Å². The lowest BCUT2D eigenvalue weighted by Gasteiger charge is -2.10. The second kappa shape index (κ2) is 7.81. The van der Waals surface area contributed by atoms with Gasteiger partial charge in [0.05, 0.1) is 4.90 Å². The van der Waals surface area contributed by atoms with E-state index in [0.29, 0.717) is 11.4 Å². The summed E-state index contributed by atoms with van der Waals surface area (Å²) in [6.07, 6.45) is 3.49. The molecule has 1 aromatic rings. The van der Waals surface area contributed by atoms with Crippen molar-refractivity contribution >= 4 is 10.0 Å². The second-order valence-electron chi connectivity index (χ2n) is 5.07. The summed E-state index contributed by atoms with van der Waals surface area (Å²) in [7, 11) is -3.42. The summed E-state index contributed by atoms with van der Waals surface area (Å²) in [5, 5.41) is 3.24. The Bertz CT molecular complexity index is 508. The van der Waals surface area contributed by atoms with Crippen molar-refractivity contribution in [2.45, 2.75) is 64.6 Å². The Hall–Kier alpha value is -0.850. The van der Waals surface area contributed by atoms with Crippen LogP contribution in [0.15, 0.2) is 17.2 Å². The molecule has 116 valence electrons. The zero-order chi connectivity index (χ0) is 15.2. The molecule has 5 nitrogen and oxygen atoms in total. The van der Waals surface area contributed by atoms with E-state index in [1.54, 1.807) is 12.3 Å². The Labute approximate surface area is 122 Å². The molecule has 0 aliphatic heterocycles. The number of aromatic nitrogens is 1. The van der Waals surface area contributed by atoms with E-state index in [1.165, 1.54) is 0 Å². The molecule has 1 atom stereocenters. The van der Waals surface area contributed by atoms with Gasteiger partial charge in [0.2, 0.25) is 10.0 Å². The van der Waals surface area contributed by atoms with Crippen molar-refractivity contribution in [2.24, 2.45) is 0 Å². The third kappa shape index (κ3) is 4.61. The number of hydrogen-bond donors (Lipinski definition) is 2. The van der Waals surface area contributed by atoms with Crippen LogP contribution in [0.1, 0.15) is 46.2 Å². The highest BCUT2D eigenvalue weighted by Crippen LogP contribution is 2.16. The zero-order valence-corrected chi connectivity index (χ0v) is 13.8. The summed E-state index contributed by atoms with van der Waals surface area (Å²) >= 11 is 0. The maximum atomic E-state index is 12.3. The summed E-state index contributed by atoms with van der Waals surface area (Å²) < 4.78 is 29.3. The second-order valence-corrected chi connectivity index (χ2v) is 6.79. The largest absolute Gasteiger partial charge is 0.349 e. The smallest absolute Gasteiger partial charge is 0.242 e. The van der Waals surface area contributed by atoms with E-state index in [4.69, 9.17) is 0 Å². The number of nitrogens with zero attached hydrogens (tertiary/aromatic N) is 1. The number of rotatable bonds is 9. The van der Waals surface area contributed by atoms with E-state index < -0.39 is 10.0 Å². The number of aryl methyl sites for hydroxylation is 1. The third-order valence-electron chi connectivity index (χ3n) is 3.26. The Morgan fingerprint density at radius 3 is 2.55 bits per heavy atom. The van der Waals surface area contributed by atoms with E-state index in [0.717, 1.165) is 31.6 Å². The molecule has 0 saturated carbocycles. The van der Waals surface area contributed by atoms with Gasteiger partial charge in [0, 0.05) is 31.0 Å². The highest BCUT2D eigenvalue weighted by atomic mass is 32.2. The van der Waals surface area contributed by atoms with Crippen LogP contribution in [0.4, 0.5) is 0 Å². The first-order valence-corrected chi connectivity index (χ1v) is 8.85. The molecule has 0 aliphatic carbocycles. The fourth-order valence-corrected chi connectivity index (χ4v) is 3.33. The van der Waals surface area contributed by atoms with Crippen LogP contribution in [0.5, 0.6) is 0 Å². The Morgan fingerprint density at radius 1 is 1.30 bits per heavy atom. The number of hydrogen-bond acceptors (Lipinski definition) is 3. The minimum absolute atomic E-state index is 0.0493. The van der Waals surface area contributed by atoms with Crippen LogP contribution < -0.4 is 10.0 Å². The quantitative estimate of drug-likeness (QED) is 0.734. The molecule has 0 radical (unpaired) electrons. The molecule has 1 aromatic heterocycles. The van der Waals surface area contributed by atoms with Crippen LogP contribution in [-0.4, -0.2) is 25.6 Å². The minimum Gasteiger partial charge on any atom is -0.349 e. The van der Waals surface area contributed by atoms with Gasteiger partial charge in [-0.1, -0.05) is 20.8 Å². The number of nitrogens with one attached hydrogen (secondary N) is 2. The van der Waals surface area contributed by atoms with Crippen molar-refractivity contribution < 1.29 is 8.42 Å². The first-order chi connectivity index (χ1) is 9.44. The fourth-order valence-electron chi connectivity index (χ4n) is 1.94. The van der Waals surface area contributed by atoms with E-state index in [1.807, 2.05) is 25.3 Å². The fraction of sp³-hybridized carbons (Fsp3) is 0.714. The lowest BCUT2D eigenvalue weighted by atomic mass is 10.3. The van der Waals surface area contributed by atoms with Gasteiger partial charge in [-0.25, -0.2) is 13.1 Å². The highest BCUT2D eigenvalue weighted by Gasteiger charge is 2.19. The van der Waals surface area contributed by atoms with Crippen molar-refractivity contribution in [1.82, 2.24) is 14.6 Å². The van der Waals surface area contributed by atoms with Crippen LogP contribution in [0, 0.1) is 0 Å². The molecular formula is C14H27N3O2S. The molecule has 0 amide bonds. The summed E-state index contributed by atoms with van der Waals surface area (Å²) in [5.41, 5.74) is 1.01.